The van der Waals surface area contributed by atoms with E-state index in [0.717, 1.165) is 0 Å². The summed E-state index contributed by atoms with van der Waals surface area (Å²) in [5.41, 5.74) is 0. The number of nitrogens with zero attached hydrogens (tertiary/aromatic N) is 3. The van der Waals surface area contributed by atoms with Gasteiger partial charge in [0.25, 0.3) is 0 Å². The normalized spacial score (nSPS) is 13.1. The van der Waals surface area contributed by atoms with Gasteiger partial charge in [-0.05, 0) is 12.8 Å². The van der Waals surface area contributed by atoms with E-state index < -0.39 is 12.9 Å². The molecule has 0 aliphatic rings. The van der Waals surface area contributed by atoms with Crippen LogP contribution < -0.4 is 0 Å². The first-order valence-electron chi connectivity index (χ1n) is 4.38. The van der Waals surface area contributed by atoms with Crippen molar-refractivity contribution in [1.29, 1.82) is 0 Å². The van der Waals surface area contributed by atoms with Crippen LogP contribution in [0.2, 0.25) is 0 Å². The van der Waals surface area contributed by atoms with Crippen molar-refractivity contribution >= 4 is 7.60 Å². The van der Waals surface area contributed by atoms with Crippen molar-refractivity contribution < 1.29 is 14.4 Å². The van der Waals surface area contributed by atoms with Crippen molar-refractivity contribution in [2.24, 2.45) is 0 Å². The maximum atomic E-state index is 11.4. The van der Waals surface area contributed by atoms with Gasteiger partial charge in [0.05, 0.1) is 0 Å². The van der Waals surface area contributed by atoms with Crippen molar-refractivity contribution in [3.63, 3.8) is 0 Å². The second kappa shape index (κ2) is 3.81. The minimum atomic E-state index is -4.24. The average molecular weight is 219 g/mol. The van der Waals surface area contributed by atoms with E-state index in [1.165, 1.54) is 17.3 Å². The monoisotopic (exact) mass is 219 g/mol. The van der Waals surface area contributed by atoms with E-state index in [1.807, 2.05) is 0 Å². The Morgan fingerprint density at radius 2 is 2.00 bits per heavy atom. The molecule has 1 aromatic rings. The van der Waals surface area contributed by atoms with Crippen LogP contribution >= 0.6 is 7.60 Å². The summed E-state index contributed by atoms with van der Waals surface area (Å²) in [6.45, 7) is 3.45. The summed E-state index contributed by atoms with van der Waals surface area (Å²) in [5, 5.41) is 2.56. The lowest BCUT2D eigenvalue weighted by atomic mass is 10.1. The van der Waals surface area contributed by atoms with Crippen LogP contribution in [0, 0.1) is 0 Å². The van der Waals surface area contributed by atoms with Crippen molar-refractivity contribution in [2.45, 2.75) is 32.0 Å². The van der Waals surface area contributed by atoms with E-state index >= 15 is 0 Å². The maximum Gasteiger partial charge on any atom is 0.352 e. The third kappa shape index (κ3) is 1.61. The summed E-state index contributed by atoms with van der Waals surface area (Å²) >= 11 is 0. The molecule has 0 unspecified atom stereocenters. The van der Waals surface area contributed by atoms with Gasteiger partial charge in [0, 0.05) is 0 Å². The molecule has 14 heavy (non-hydrogen) atoms. The topological polar surface area (TPSA) is 88.2 Å². The number of aromatic nitrogens is 3. The molecule has 0 bridgehead atoms. The van der Waals surface area contributed by atoms with Gasteiger partial charge in [0.15, 0.2) is 5.28 Å². The number of rotatable bonds is 4. The lowest BCUT2D eigenvalue weighted by molar-refractivity contribution is 0.249. The molecule has 0 spiro atoms. The van der Waals surface area contributed by atoms with Crippen molar-refractivity contribution in [1.82, 2.24) is 14.8 Å². The molecule has 1 heterocycles. The Labute approximate surface area is 82.1 Å². The quantitative estimate of drug-likeness (QED) is 0.735. The minimum absolute atomic E-state index is 0.317. The van der Waals surface area contributed by atoms with Crippen molar-refractivity contribution in [3.8, 4) is 0 Å². The van der Waals surface area contributed by atoms with Crippen LogP contribution in [-0.2, 0) is 9.85 Å². The highest BCUT2D eigenvalue weighted by molar-refractivity contribution is 7.52. The summed E-state index contributed by atoms with van der Waals surface area (Å²) in [7, 11) is -4.24. The fourth-order valence-electron chi connectivity index (χ4n) is 1.54. The largest absolute Gasteiger partial charge is 0.352 e. The van der Waals surface area contributed by atoms with Crippen LogP contribution in [0.5, 0.6) is 0 Å². The van der Waals surface area contributed by atoms with Gasteiger partial charge in [-0.15, -0.1) is 0 Å². The van der Waals surface area contributed by atoms with Gasteiger partial charge in [-0.1, -0.05) is 13.8 Å². The van der Waals surface area contributed by atoms with Crippen molar-refractivity contribution in [2.75, 3.05) is 0 Å². The molecule has 0 fully saturated rings. The molecular formula is C7H14N3O3P. The average Bonchev–Trinajstić information content (AvgIpc) is 2.58. The van der Waals surface area contributed by atoms with Crippen LogP contribution in [0.15, 0.2) is 12.7 Å². The summed E-state index contributed by atoms with van der Waals surface area (Å²) < 4.78 is 12.7. The van der Waals surface area contributed by atoms with Gasteiger partial charge in [-0.3, -0.25) is 4.57 Å². The highest BCUT2D eigenvalue weighted by Gasteiger charge is 2.46. The molecule has 0 aliphatic carbocycles. The molecular weight excluding hydrogens is 205 g/mol. The molecule has 1 rings (SSSR count). The van der Waals surface area contributed by atoms with Crippen LogP contribution in [0.3, 0.4) is 0 Å². The zero-order valence-electron chi connectivity index (χ0n) is 8.16. The molecule has 0 radical (unpaired) electrons. The molecule has 0 aromatic carbocycles. The first-order valence-corrected chi connectivity index (χ1v) is 6.00. The van der Waals surface area contributed by atoms with Gasteiger partial charge >= 0.3 is 7.60 Å². The van der Waals surface area contributed by atoms with Gasteiger partial charge in [-0.25, -0.2) is 9.67 Å². The van der Waals surface area contributed by atoms with Gasteiger partial charge in [0.1, 0.15) is 12.7 Å². The van der Waals surface area contributed by atoms with Gasteiger partial charge in [0.2, 0.25) is 0 Å². The first-order chi connectivity index (χ1) is 6.48. The Balaban J connectivity index is 3.25. The highest BCUT2D eigenvalue weighted by atomic mass is 31.2. The molecule has 0 saturated carbocycles. The second-order valence-electron chi connectivity index (χ2n) is 3.07. The molecule has 0 saturated heterocycles. The molecule has 7 heteroatoms. The smallest absolute Gasteiger partial charge is 0.323 e. The highest BCUT2D eigenvalue weighted by Crippen LogP contribution is 2.57. The van der Waals surface area contributed by atoms with Crippen LogP contribution in [0.25, 0.3) is 0 Å². The molecule has 80 valence electrons. The van der Waals surface area contributed by atoms with Crippen molar-refractivity contribution in [3.05, 3.63) is 12.7 Å². The predicted molar refractivity (Wildman–Crippen MR) is 50.6 cm³/mol. The minimum Gasteiger partial charge on any atom is -0.323 e. The summed E-state index contributed by atoms with van der Waals surface area (Å²) in [6.07, 6.45) is 3.25. The Morgan fingerprint density at radius 1 is 1.43 bits per heavy atom. The Morgan fingerprint density at radius 3 is 2.29 bits per heavy atom. The number of hydrogen-bond acceptors (Lipinski definition) is 3. The van der Waals surface area contributed by atoms with Gasteiger partial charge < -0.3 is 9.79 Å². The Bertz CT molecular complexity index is 328. The fourth-order valence-corrected chi connectivity index (χ4v) is 2.74. The van der Waals surface area contributed by atoms with Crippen LogP contribution in [0.1, 0.15) is 26.7 Å². The second-order valence-corrected chi connectivity index (χ2v) is 4.99. The molecule has 6 nitrogen and oxygen atoms in total. The lowest BCUT2D eigenvalue weighted by Crippen LogP contribution is -2.32. The van der Waals surface area contributed by atoms with E-state index in [9.17, 15) is 14.4 Å². The fraction of sp³-hybridized carbons (Fsp3) is 0.714. The first kappa shape index (κ1) is 11.4. The van der Waals surface area contributed by atoms with Crippen LogP contribution in [0.4, 0.5) is 0 Å². The predicted octanol–water partition coefficient (Wildman–Crippen LogP) is 0.929. The van der Waals surface area contributed by atoms with E-state index in [1.54, 1.807) is 13.8 Å². The standard InChI is InChI=1S/C7H14N3O3P/c1-3-7(4-2,14(11,12)13)10-6-8-5-9-10/h5-6H,3-4H2,1-2H3,(H2,11,12,13). The number of hydrogen-bond donors (Lipinski definition) is 2. The molecule has 0 atom stereocenters. The summed E-state index contributed by atoms with van der Waals surface area (Å²) in [4.78, 5) is 22.4. The van der Waals surface area contributed by atoms with Gasteiger partial charge in [-0.2, -0.15) is 5.10 Å². The summed E-state index contributed by atoms with van der Waals surface area (Å²) in [6, 6.07) is 0. The van der Waals surface area contributed by atoms with Crippen LogP contribution in [-0.4, -0.2) is 24.6 Å². The van der Waals surface area contributed by atoms with E-state index in [2.05, 4.69) is 10.1 Å². The lowest BCUT2D eigenvalue weighted by Gasteiger charge is -2.31. The SMILES string of the molecule is CCC(CC)(n1cncn1)P(=O)(O)O. The zero-order valence-corrected chi connectivity index (χ0v) is 9.05. The third-order valence-electron chi connectivity index (χ3n) is 2.52. The van der Waals surface area contributed by atoms with E-state index in [4.69, 9.17) is 0 Å². The molecule has 2 N–H and O–H groups in total. The zero-order chi connectivity index (χ0) is 10.8. The molecule has 1 aromatic heterocycles. The molecule has 0 amide bonds. The van der Waals surface area contributed by atoms with E-state index in [-0.39, 0.29) is 0 Å². The Kier molecular flexibility index (Phi) is 3.09. The van der Waals surface area contributed by atoms with E-state index in [0.29, 0.717) is 12.8 Å². The maximum absolute atomic E-state index is 11.4. The summed E-state index contributed by atoms with van der Waals surface area (Å²) in [5.74, 6) is 0. The third-order valence-corrected chi connectivity index (χ3v) is 4.44. The molecule has 0 aliphatic heterocycles. The Hall–Kier alpha value is -0.710.